The van der Waals surface area contributed by atoms with Crippen LogP contribution in [0.5, 0.6) is 0 Å². The predicted octanol–water partition coefficient (Wildman–Crippen LogP) is 5.28. The van der Waals surface area contributed by atoms with Crippen LogP contribution >= 0.6 is 31.9 Å². The van der Waals surface area contributed by atoms with Crippen molar-refractivity contribution in [2.24, 2.45) is 0 Å². The van der Waals surface area contributed by atoms with Gasteiger partial charge in [0.1, 0.15) is 10.9 Å². The molecule has 1 aliphatic heterocycles. The van der Waals surface area contributed by atoms with Gasteiger partial charge in [0.25, 0.3) is 15.9 Å². The van der Waals surface area contributed by atoms with Gasteiger partial charge in [-0.15, -0.1) is 0 Å². The van der Waals surface area contributed by atoms with E-state index in [2.05, 4.69) is 36.6 Å². The summed E-state index contributed by atoms with van der Waals surface area (Å²) in [5, 5.41) is 0. The van der Waals surface area contributed by atoms with E-state index in [1.54, 1.807) is 36.2 Å². The summed E-state index contributed by atoms with van der Waals surface area (Å²) in [5.41, 5.74) is 1.50. The van der Waals surface area contributed by atoms with Crippen LogP contribution < -0.4 is 9.62 Å². The molecule has 10 heteroatoms. The minimum atomic E-state index is -3.85. The summed E-state index contributed by atoms with van der Waals surface area (Å²) < 4.78 is 29.2. The molecule has 0 spiro atoms. The Balaban J connectivity index is 1.47. The summed E-state index contributed by atoms with van der Waals surface area (Å²) >= 11 is 6.55. The topological polar surface area (TPSA) is 86.8 Å². The Morgan fingerprint density at radius 2 is 1.71 bits per heavy atom. The molecule has 0 aliphatic carbocycles. The molecule has 0 saturated carbocycles. The van der Waals surface area contributed by atoms with Gasteiger partial charge >= 0.3 is 0 Å². The highest BCUT2D eigenvalue weighted by Gasteiger charge is 2.34. The number of nitrogens with one attached hydrogen (secondary N) is 1. The van der Waals surface area contributed by atoms with Crippen molar-refractivity contribution in [2.45, 2.75) is 23.8 Å². The molecule has 0 radical (unpaired) electrons. The molecular formula is C25H23Br2N3O4S. The van der Waals surface area contributed by atoms with Crippen molar-refractivity contribution in [3.05, 3.63) is 87.3 Å². The van der Waals surface area contributed by atoms with Crippen LogP contribution in [-0.4, -0.2) is 44.8 Å². The van der Waals surface area contributed by atoms with Crippen molar-refractivity contribution in [3.8, 4) is 0 Å². The third-order valence-electron chi connectivity index (χ3n) is 5.83. The number of sulfonamides is 1. The molecule has 1 heterocycles. The summed E-state index contributed by atoms with van der Waals surface area (Å²) in [7, 11) is -2.22. The molecule has 1 unspecified atom stereocenters. The zero-order chi connectivity index (χ0) is 25.2. The maximum absolute atomic E-state index is 13.1. The molecule has 7 nitrogen and oxygen atoms in total. The van der Waals surface area contributed by atoms with Gasteiger partial charge < -0.3 is 9.80 Å². The molecule has 1 saturated heterocycles. The third-order valence-corrected chi connectivity index (χ3v) is 8.70. The fourth-order valence-corrected chi connectivity index (χ4v) is 6.56. The van der Waals surface area contributed by atoms with Crippen LogP contribution in [0.1, 0.15) is 23.2 Å². The lowest BCUT2D eigenvalue weighted by molar-refractivity contribution is -0.124. The van der Waals surface area contributed by atoms with Crippen molar-refractivity contribution in [2.75, 3.05) is 23.2 Å². The van der Waals surface area contributed by atoms with E-state index < -0.39 is 16.1 Å². The lowest BCUT2D eigenvalue weighted by atomic mass is 10.0. The largest absolute Gasteiger partial charge is 0.330 e. The number of likely N-dealkylation sites (N-methyl/N-ethyl adjacent to an activating group) is 1. The highest BCUT2D eigenvalue weighted by atomic mass is 79.9. The number of hydrogen-bond acceptors (Lipinski definition) is 4. The first kappa shape index (κ1) is 25.4. The number of para-hydroxylation sites is 1. The van der Waals surface area contributed by atoms with Gasteiger partial charge in [-0.1, -0.05) is 34.1 Å². The van der Waals surface area contributed by atoms with Crippen LogP contribution in [0.25, 0.3) is 0 Å². The average Bonchev–Trinajstić information content (AvgIpc) is 2.85. The molecule has 0 bridgehead atoms. The molecule has 1 fully saturated rings. The van der Waals surface area contributed by atoms with E-state index in [4.69, 9.17) is 0 Å². The Labute approximate surface area is 221 Å². The first-order valence-corrected chi connectivity index (χ1v) is 14.0. The molecule has 1 atom stereocenters. The van der Waals surface area contributed by atoms with Crippen molar-refractivity contribution < 1.29 is 18.0 Å². The predicted molar refractivity (Wildman–Crippen MR) is 143 cm³/mol. The Hall–Kier alpha value is -2.69. The number of benzene rings is 3. The molecule has 3 aromatic rings. The number of carbonyl (C=O) groups is 2. The average molecular weight is 621 g/mol. The molecule has 3 aromatic carbocycles. The van der Waals surface area contributed by atoms with Crippen LogP contribution in [0.4, 0.5) is 11.4 Å². The number of carbonyl (C=O) groups excluding carboxylic acids is 2. The Morgan fingerprint density at radius 3 is 2.40 bits per heavy atom. The summed E-state index contributed by atoms with van der Waals surface area (Å²) in [5.74, 6) is -0.412. The zero-order valence-corrected chi connectivity index (χ0v) is 22.8. The van der Waals surface area contributed by atoms with E-state index in [0.29, 0.717) is 33.2 Å². The van der Waals surface area contributed by atoms with Gasteiger partial charge in [0, 0.05) is 39.5 Å². The van der Waals surface area contributed by atoms with Crippen LogP contribution in [0.3, 0.4) is 0 Å². The normalized spacial score (nSPS) is 16.1. The number of piperidine rings is 1. The van der Waals surface area contributed by atoms with Gasteiger partial charge in [0.15, 0.2) is 0 Å². The van der Waals surface area contributed by atoms with Crippen molar-refractivity contribution in [1.29, 1.82) is 0 Å². The number of amides is 2. The number of anilines is 2. The maximum Gasteiger partial charge on any atom is 0.263 e. The molecule has 0 aromatic heterocycles. The van der Waals surface area contributed by atoms with E-state index in [0.717, 1.165) is 12.1 Å². The van der Waals surface area contributed by atoms with Gasteiger partial charge in [-0.25, -0.2) is 8.42 Å². The maximum atomic E-state index is 13.1. The fourth-order valence-electron chi connectivity index (χ4n) is 4.00. The first-order valence-electron chi connectivity index (χ1n) is 10.9. The monoisotopic (exact) mass is 619 g/mol. The van der Waals surface area contributed by atoms with Gasteiger partial charge in [0.05, 0.1) is 0 Å². The highest BCUT2D eigenvalue weighted by molar-refractivity contribution is 9.11. The zero-order valence-electron chi connectivity index (χ0n) is 18.8. The van der Waals surface area contributed by atoms with Gasteiger partial charge in [-0.05, 0) is 83.4 Å². The molecular weight excluding hydrogens is 598 g/mol. The van der Waals surface area contributed by atoms with Crippen molar-refractivity contribution in [1.82, 2.24) is 4.90 Å². The van der Waals surface area contributed by atoms with Crippen LogP contribution in [-0.2, 0) is 14.8 Å². The summed E-state index contributed by atoms with van der Waals surface area (Å²) in [6.07, 6.45) is 1.37. The first-order chi connectivity index (χ1) is 16.7. The Morgan fingerprint density at radius 1 is 1.03 bits per heavy atom. The van der Waals surface area contributed by atoms with Gasteiger partial charge in [-0.2, -0.15) is 0 Å². The lowest BCUT2D eigenvalue weighted by Gasteiger charge is -2.36. The SMILES string of the molecule is CN(C(=O)c1ccc(NS(=O)(=O)c2cc(Br)ccc2Br)cc1)C1CCCN(c2ccccc2)C1=O. The van der Waals surface area contributed by atoms with E-state index in [9.17, 15) is 18.0 Å². The Bertz CT molecular complexity index is 1350. The lowest BCUT2D eigenvalue weighted by Crippen LogP contribution is -2.53. The standard InChI is InChI=1S/C25H23Br2N3O4S/c1-29(22-8-5-15-30(25(22)32)20-6-3-2-4-7-20)24(31)17-9-12-19(13-10-17)28-35(33,34)23-16-18(26)11-14-21(23)27/h2-4,6-7,9-14,16,22,28H,5,8,15H2,1H3. The van der Waals surface area contributed by atoms with E-state index in [-0.39, 0.29) is 16.7 Å². The molecule has 1 aliphatic rings. The summed E-state index contributed by atoms with van der Waals surface area (Å²) in [6.45, 7) is 0.615. The molecule has 4 rings (SSSR count). The van der Waals surface area contributed by atoms with Gasteiger partial charge in [0.2, 0.25) is 5.91 Å². The smallest absolute Gasteiger partial charge is 0.263 e. The molecule has 182 valence electrons. The highest BCUT2D eigenvalue weighted by Crippen LogP contribution is 2.28. The quantitative estimate of drug-likeness (QED) is 0.406. The molecule has 35 heavy (non-hydrogen) atoms. The summed E-state index contributed by atoms with van der Waals surface area (Å²) in [6, 6.07) is 19.9. The van der Waals surface area contributed by atoms with E-state index >= 15 is 0 Å². The van der Waals surface area contributed by atoms with Gasteiger partial charge in [-0.3, -0.25) is 14.3 Å². The van der Waals surface area contributed by atoms with E-state index in [1.165, 1.54) is 23.1 Å². The second-order valence-electron chi connectivity index (χ2n) is 8.16. The second-order valence-corrected chi connectivity index (χ2v) is 11.6. The van der Waals surface area contributed by atoms with E-state index in [1.807, 2.05) is 30.3 Å². The van der Waals surface area contributed by atoms with Crippen LogP contribution in [0.15, 0.2) is 86.6 Å². The van der Waals surface area contributed by atoms with Crippen LogP contribution in [0, 0.1) is 0 Å². The minimum Gasteiger partial charge on any atom is -0.330 e. The third kappa shape index (κ3) is 5.60. The number of halogens is 2. The fraction of sp³-hybridized carbons (Fsp3) is 0.200. The molecule has 1 N–H and O–H groups in total. The Kier molecular flexibility index (Phi) is 7.63. The van der Waals surface area contributed by atoms with Crippen LogP contribution in [0.2, 0.25) is 0 Å². The number of nitrogens with zero attached hydrogens (tertiary/aromatic N) is 2. The van der Waals surface area contributed by atoms with Crippen molar-refractivity contribution in [3.63, 3.8) is 0 Å². The number of hydrogen-bond donors (Lipinski definition) is 1. The summed E-state index contributed by atoms with van der Waals surface area (Å²) in [4.78, 5) is 29.6. The second kappa shape index (κ2) is 10.5. The molecule has 2 amide bonds. The number of rotatable bonds is 6. The van der Waals surface area contributed by atoms with Crippen molar-refractivity contribution >= 4 is 65.1 Å². The minimum absolute atomic E-state index is 0.0885.